The Labute approximate surface area is 393 Å². The number of Topliss-reactive ketones (excluding diaryl/α,β-unsaturated/α-hetero) is 1. The first-order valence-corrected chi connectivity index (χ1v) is 26.2. The smallest absolute Gasteiger partial charge is 0.353 e. The van der Waals surface area contributed by atoms with Crippen molar-refractivity contribution in [1.82, 2.24) is 24.9 Å². The molecule has 0 aromatic carbocycles. The van der Waals surface area contributed by atoms with Crippen molar-refractivity contribution in [2.75, 3.05) is 33.2 Å². The number of thioether (sulfide) groups is 2. The molecule has 7 fully saturated rings. The first-order valence-electron chi connectivity index (χ1n) is 24.4. The van der Waals surface area contributed by atoms with Crippen molar-refractivity contribution < 1.29 is 44.4 Å². The highest BCUT2D eigenvalue weighted by Gasteiger charge is 2.61. The van der Waals surface area contributed by atoms with Gasteiger partial charge >= 0.3 is 11.9 Å². The first kappa shape index (κ1) is 50.3. The van der Waals surface area contributed by atoms with Gasteiger partial charge in [0.2, 0.25) is 11.8 Å². The summed E-state index contributed by atoms with van der Waals surface area (Å²) in [4.78, 5) is 69.0. The molecule has 0 bridgehead atoms. The molecule has 3 aliphatic carbocycles. The van der Waals surface area contributed by atoms with Crippen LogP contribution in [0.3, 0.4) is 0 Å². The maximum atomic E-state index is 12.5. The van der Waals surface area contributed by atoms with Gasteiger partial charge < -0.3 is 47.0 Å². The lowest BCUT2D eigenvalue weighted by Gasteiger charge is -2.46. The fourth-order valence-corrected chi connectivity index (χ4v) is 15.2. The number of amides is 2. The first-order chi connectivity index (χ1) is 30.9. The molecule has 3 saturated carbocycles. The van der Waals surface area contributed by atoms with E-state index < -0.39 is 36.0 Å². The molecule has 6 aliphatic heterocycles. The fraction of sp³-hybridized carbons (Fsp3) is 0.809. The van der Waals surface area contributed by atoms with E-state index in [1.165, 1.54) is 9.80 Å². The Morgan fingerprint density at radius 1 is 0.631 bits per heavy atom. The zero-order valence-corrected chi connectivity index (χ0v) is 40.6. The Balaban J connectivity index is 0.000000163. The number of carbonyl (C=O) groups is 5. The molecule has 6 heterocycles. The second kappa shape index (κ2) is 21.4. The number of nitrogens with one attached hydrogen (secondary N) is 1. The lowest BCUT2D eigenvalue weighted by molar-refractivity contribution is -0.163. The van der Waals surface area contributed by atoms with E-state index in [0.29, 0.717) is 46.5 Å². The molecule has 2 amide bonds. The number of hydrogen-bond acceptors (Lipinski definition) is 14. The zero-order valence-electron chi connectivity index (χ0n) is 39.0. The minimum absolute atomic E-state index is 0.0462. The Morgan fingerprint density at radius 2 is 1.00 bits per heavy atom. The van der Waals surface area contributed by atoms with Gasteiger partial charge in [0.25, 0.3) is 0 Å². The van der Waals surface area contributed by atoms with Gasteiger partial charge in [-0.3, -0.25) is 24.2 Å². The molecule has 0 spiro atoms. The van der Waals surface area contributed by atoms with E-state index in [-0.39, 0.29) is 47.1 Å². The van der Waals surface area contributed by atoms with Crippen LogP contribution in [0.2, 0.25) is 0 Å². The number of aliphatic carboxylic acids is 2. The van der Waals surface area contributed by atoms with Gasteiger partial charge in [-0.05, 0) is 111 Å². The largest absolute Gasteiger partial charge is 0.477 e. The zero-order chi connectivity index (χ0) is 47.0. The van der Waals surface area contributed by atoms with Crippen LogP contribution in [-0.2, 0) is 24.0 Å². The summed E-state index contributed by atoms with van der Waals surface area (Å²) < 4.78 is 0. The van der Waals surface area contributed by atoms with Crippen LogP contribution in [-0.4, -0.2) is 168 Å². The predicted molar refractivity (Wildman–Crippen MR) is 251 cm³/mol. The number of likely N-dealkylation sites (tertiary alicyclic amines) is 2. The van der Waals surface area contributed by atoms with Gasteiger partial charge in [0, 0.05) is 88.3 Å². The number of aliphatic hydroxyl groups is 2. The molecule has 16 nitrogen and oxygen atoms in total. The van der Waals surface area contributed by atoms with Crippen LogP contribution in [0, 0.1) is 23.7 Å². The van der Waals surface area contributed by atoms with Crippen LogP contribution >= 0.6 is 23.5 Å². The van der Waals surface area contributed by atoms with Crippen LogP contribution in [0.5, 0.6) is 0 Å². The van der Waals surface area contributed by atoms with Crippen LogP contribution in [0.15, 0.2) is 21.2 Å². The SMILES string of the molecule is CNC1CCC(=O)CC1.C[C@@H](O)[C@H]1C(=O)N2C(C(=O)O)=C(S[C@@H]3CCN(C4CCC(N)CC4)C3)[C@H](C)[C@H]12.C[C@@H](O)[C@H]1C(=O)N2C(C(=O)O)=C(S[C@@H]3CCN(C4CCC(N)CC4)C3)[C@H](C)[C@H]12. The van der Waals surface area contributed by atoms with E-state index in [2.05, 4.69) is 15.1 Å². The van der Waals surface area contributed by atoms with E-state index in [9.17, 15) is 44.4 Å². The summed E-state index contributed by atoms with van der Waals surface area (Å²) in [5.74, 6) is -3.23. The van der Waals surface area contributed by atoms with Gasteiger partial charge in [0.05, 0.1) is 36.1 Å². The minimum atomic E-state index is -1.04. The number of carboxylic acids is 2. The molecule has 0 aromatic heterocycles. The molecule has 18 heteroatoms. The maximum Gasteiger partial charge on any atom is 0.353 e. The topological polar surface area (TPSA) is 243 Å². The van der Waals surface area contributed by atoms with E-state index >= 15 is 0 Å². The normalized spacial score (nSPS) is 37.5. The third-order valence-electron chi connectivity index (χ3n) is 16.0. The molecule has 9 aliphatic rings. The van der Waals surface area contributed by atoms with Crippen molar-refractivity contribution >= 4 is 53.1 Å². The van der Waals surface area contributed by atoms with Crippen molar-refractivity contribution in [3.8, 4) is 0 Å². The lowest BCUT2D eigenvalue weighted by Crippen LogP contribution is -2.63. The third kappa shape index (κ3) is 10.6. The summed E-state index contributed by atoms with van der Waals surface area (Å²) in [6, 6.07) is 2.03. The summed E-state index contributed by atoms with van der Waals surface area (Å²) in [6.45, 7) is 11.2. The lowest BCUT2D eigenvalue weighted by atomic mass is 9.79. The Morgan fingerprint density at radius 3 is 1.32 bits per heavy atom. The summed E-state index contributed by atoms with van der Waals surface area (Å²) in [5.41, 5.74) is 12.4. The van der Waals surface area contributed by atoms with Crippen molar-refractivity contribution in [3.05, 3.63) is 21.2 Å². The molecular formula is C47H75N7O9S2. The van der Waals surface area contributed by atoms with Crippen molar-refractivity contribution in [3.63, 3.8) is 0 Å². The maximum absolute atomic E-state index is 12.5. The molecule has 10 atom stereocenters. The second-order valence-electron chi connectivity index (χ2n) is 20.3. The number of carboxylic acid groups (broad SMARTS) is 2. The molecular weight excluding hydrogens is 871 g/mol. The standard InChI is InChI=1S/2C20H31N3O4S.C7H13NO/c2*1-10-16-15(11(2)24)19(25)23(16)17(20(26)27)18(10)28-14-7-8-22(9-14)13-5-3-12(21)4-6-13;1-8-6-2-4-7(9)5-3-6/h2*10-16,24H,3-9,21H2,1-2H3,(H,26,27);6,8H,2-5H2,1H3/t2*10-,11-,12?,13?,14-,15-,16-;/m11./s1. The van der Waals surface area contributed by atoms with Crippen molar-refractivity contribution in [2.24, 2.45) is 35.1 Å². The molecule has 9 rings (SSSR count). The summed E-state index contributed by atoms with van der Waals surface area (Å²) in [6.07, 6.45) is 13.2. The average molecular weight is 946 g/mol. The van der Waals surface area contributed by atoms with Gasteiger partial charge in [0.1, 0.15) is 17.2 Å². The Bertz CT molecular complexity index is 1720. The highest BCUT2D eigenvalue weighted by atomic mass is 32.2. The third-order valence-corrected chi connectivity index (χ3v) is 19.1. The number of rotatable bonds is 11. The number of β-lactam (4-membered cyclic amide) rings is 2. The van der Waals surface area contributed by atoms with Gasteiger partial charge in [-0.25, -0.2) is 9.59 Å². The number of nitrogens with two attached hydrogens (primary N) is 2. The van der Waals surface area contributed by atoms with Crippen molar-refractivity contribution in [1.29, 1.82) is 0 Å². The highest BCUT2D eigenvalue weighted by Crippen LogP contribution is 2.53. The number of carbonyl (C=O) groups excluding carboxylic acids is 3. The molecule has 9 N–H and O–H groups in total. The molecule has 65 heavy (non-hydrogen) atoms. The molecule has 0 unspecified atom stereocenters. The molecule has 364 valence electrons. The fourth-order valence-electron chi connectivity index (χ4n) is 12.2. The highest BCUT2D eigenvalue weighted by molar-refractivity contribution is 8.04. The van der Waals surface area contributed by atoms with Gasteiger partial charge in [-0.1, -0.05) is 13.8 Å². The molecule has 0 radical (unpaired) electrons. The Hall–Kier alpha value is -2.55. The van der Waals surface area contributed by atoms with Crippen LogP contribution in [0.4, 0.5) is 0 Å². The number of aliphatic hydroxyl groups excluding tert-OH is 2. The van der Waals surface area contributed by atoms with Gasteiger partial charge in [-0.2, -0.15) is 0 Å². The van der Waals surface area contributed by atoms with E-state index in [4.69, 9.17) is 11.5 Å². The van der Waals surface area contributed by atoms with Crippen LogP contribution in [0.25, 0.3) is 0 Å². The van der Waals surface area contributed by atoms with E-state index in [1.54, 1.807) is 37.4 Å². The van der Waals surface area contributed by atoms with Crippen LogP contribution < -0.4 is 16.8 Å². The number of fused-ring (bicyclic) bond motifs is 2. The predicted octanol–water partition coefficient (Wildman–Crippen LogP) is 3.15. The summed E-state index contributed by atoms with van der Waals surface area (Å²) in [5, 5.41) is 43.3. The Kier molecular flexibility index (Phi) is 16.6. The van der Waals surface area contributed by atoms with E-state index in [1.807, 2.05) is 20.9 Å². The summed E-state index contributed by atoms with van der Waals surface area (Å²) >= 11 is 3.30. The number of nitrogens with zero attached hydrogens (tertiary/aromatic N) is 4. The van der Waals surface area contributed by atoms with Crippen molar-refractivity contribution in [2.45, 2.75) is 183 Å². The second-order valence-corrected chi connectivity index (χ2v) is 23.0. The molecule has 4 saturated heterocycles. The number of hydrogen-bond donors (Lipinski definition) is 7. The summed E-state index contributed by atoms with van der Waals surface area (Å²) in [7, 11) is 1.96. The number of ketones is 1. The average Bonchev–Trinajstić information content (AvgIpc) is 4.03. The van der Waals surface area contributed by atoms with E-state index in [0.717, 1.165) is 126 Å². The monoisotopic (exact) mass is 946 g/mol. The molecule has 0 aromatic rings. The van der Waals surface area contributed by atoms with Gasteiger partial charge in [-0.15, -0.1) is 23.5 Å². The van der Waals surface area contributed by atoms with Crippen LogP contribution in [0.1, 0.15) is 118 Å². The minimum Gasteiger partial charge on any atom is -0.477 e. The quantitative estimate of drug-likeness (QED) is 0.147. The van der Waals surface area contributed by atoms with Gasteiger partial charge in [0.15, 0.2) is 0 Å².